The number of carbonyl (C=O) groups is 2. The van der Waals surface area contributed by atoms with Crippen molar-refractivity contribution >= 4 is 23.2 Å². The summed E-state index contributed by atoms with van der Waals surface area (Å²) in [6.45, 7) is 0.442. The van der Waals surface area contributed by atoms with Crippen LogP contribution in [0.5, 0.6) is 0 Å². The fourth-order valence-corrected chi connectivity index (χ4v) is 3.32. The Morgan fingerprint density at radius 1 is 1.40 bits per heavy atom. The van der Waals surface area contributed by atoms with E-state index in [0.29, 0.717) is 19.4 Å². The molecular weight excluding hydrogens is 276 g/mol. The molecule has 0 atom stereocenters. The van der Waals surface area contributed by atoms with Crippen LogP contribution in [0.25, 0.3) is 0 Å². The Kier molecular flexibility index (Phi) is 4.75. The topological polar surface area (TPSA) is 70.5 Å². The van der Waals surface area contributed by atoms with E-state index in [1.165, 1.54) is 11.3 Å². The summed E-state index contributed by atoms with van der Waals surface area (Å²) in [6, 6.07) is 0. The first-order chi connectivity index (χ1) is 9.53. The molecule has 1 aliphatic rings. The van der Waals surface area contributed by atoms with Gasteiger partial charge in [0, 0.05) is 18.8 Å². The first-order valence-electron chi connectivity index (χ1n) is 6.88. The van der Waals surface area contributed by atoms with Crippen molar-refractivity contribution in [2.45, 2.75) is 45.1 Å². The van der Waals surface area contributed by atoms with Gasteiger partial charge in [-0.1, -0.05) is 19.3 Å². The van der Waals surface area contributed by atoms with Crippen molar-refractivity contribution in [2.75, 3.05) is 7.05 Å². The van der Waals surface area contributed by atoms with Gasteiger partial charge in [0.25, 0.3) is 0 Å². The molecule has 1 fully saturated rings. The van der Waals surface area contributed by atoms with Gasteiger partial charge in [0.15, 0.2) is 0 Å². The molecule has 1 aromatic rings. The lowest BCUT2D eigenvalue weighted by molar-refractivity contribution is -0.155. The van der Waals surface area contributed by atoms with Crippen LogP contribution in [-0.4, -0.2) is 33.9 Å². The van der Waals surface area contributed by atoms with Crippen LogP contribution in [0, 0.1) is 5.41 Å². The molecular formula is C14H20N2O3S. The Hall–Kier alpha value is -1.43. The predicted molar refractivity (Wildman–Crippen MR) is 76.4 cm³/mol. The van der Waals surface area contributed by atoms with Crippen LogP contribution in [0.2, 0.25) is 0 Å². The Morgan fingerprint density at radius 3 is 2.65 bits per heavy atom. The number of carboxylic acids is 1. The highest BCUT2D eigenvalue weighted by Crippen LogP contribution is 2.40. The van der Waals surface area contributed by atoms with Gasteiger partial charge in [0.2, 0.25) is 5.91 Å². The molecule has 0 spiro atoms. The summed E-state index contributed by atoms with van der Waals surface area (Å²) in [4.78, 5) is 29.6. The molecule has 2 rings (SSSR count). The molecule has 1 aliphatic carbocycles. The Labute approximate surface area is 122 Å². The van der Waals surface area contributed by atoms with Gasteiger partial charge in [-0.25, -0.2) is 4.98 Å². The highest BCUT2D eigenvalue weighted by Gasteiger charge is 2.41. The number of carbonyl (C=O) groups excluding carboxylic acids is 1. The summed E-state index contributed by atoms with van der Waals surface area (Å²) in [5.74, 6) is -0.935. The van der Waals surface area contributed by atoms with Gasteiger partial charge in [-0.2, -0.15) is 0 Å². The number of nitrogens with zero attached hydrogens (tertiary/aromatic N) is 2. The van der Waals surface area contributed by atoms with E-state index in [4.69, 9.17) is 0 Å². The van der Waals surface area contributed by atoms with Gasteiger partial charge >= 0.3 is 5.97 Å². The van der Waals surface area contributed by atoms with Gasteiger partial charge < -0.3 is 10.0 Å². The van der Waals surface area contributed by atoms with Crippen LogP contribution < -0.4 is 0 Å². The molecule has 0 bridgehead atoms. The zero-order valence-corrected chi connectivity index (χ0v) is 12.5. The molecule has 1 saturated carbocycles. The molecule has 0 saturated heterocycles. The van der Waals surface area contributed by atoms with Gasteiger partial charge in [0.1, 0.15) is 0 Å². The highest BCUT2D eigenvalue weighted by molar-refractivity contribution is 7.07. The summed E-state index contributed by atoms with van der Waals surface area (Å²) in [5.41, 5.74) is 1.72. The molecule has 1 heterocycles. The molecule has 0 aliphatic heterocycles. The van der Waals surface area contributed by atoms with E-state index in [1.807, 2.05) is 5.38 Å². The zero-order chi connectivity index (χ0) is 14.6. The van der Waals surface area contributed by atoms with Crippen LogP contribution >= 0.6 is 11.3 Å². The van der Waals surface area contributed by atoms with Crippen molar-refractivity contribution in [1.29, 1.82) is 0 Å². The number of carboxylic acid groups (broad SMARTS) is 1. The van der Waals surface area contributed by atoms with Crippen molar-refractivity contribution in [2.24, 2.45) is 5.41 Å². The summed E-state index contributed by atoms with van der Waals surface area (Å²) < 4.78 is 0. The molecule has 6 heteroatoms. The minimum atomic E-state index is -0.855. The maximum atomic E-state index is 12.3. The number of amides is 1. The third-order valence-corrected chi connectivity index (χ3v) is 4.70. The predicted octanol–water partition coefficient (Wildman–Crippen LogP) is 2.53. The SMILES string of the molecule is CN(Cc1cscn1)C(=O)CC1(C(=O)O)CCCCC1. The molecule has 0 aromatic carbocycles. The number of aromatic nitrogens is 1. The molecule has 5 nitrogen and oxygen atoms in total. The van der Waals surface area contributed by atoms with E-state index in [-0.39, 0.29) is 12.3 Å². The largest absolute Gasteiger partial charge is 0.481 e. The van der Waals surface area contributed by atoms with E-state index < -0.39 is 11.4 Å². The molecule has 20 heavy (non-hydrogen) atoms. The minimum absolute atomic E-state index is 0.100. The van der Waals surface area contributed by atoms with Gasteiger partial charge in [-0.15, -0.1) is 11.3 Å². The van der Waals surface area contributed by atoms with Gasteiger partial charge in [0.05, 0.1) is 23.2 Å². The molecule has 1 amide bonds. The van der Waals surface area contributed by atoms with E-state index in [9.17, 15) is 14.7 Å². The monoisotopic (exact) mass is 296 g/mol. The number of rotatable bonds is 5. The van der Waals surface area contributed by atoms with Crippen LogP contribution in [0.3, 0.4) is 0 Å². The second-order valence-electron chi connectivity index (χ2n) is 5.55. The van der Waals surface area contributed by atoms with Crippen LogP contribution in [0.1, 0.15) is 44.2 Å². The second-order valence-corrected chi connectivity index (χ2v) is 6.27. The van der Waals surface area contributed by atoms with Crippen LogP contribution in [0.15, 0.2) is 10.9 Å². The fourth-order valence-electron chi connectivity index (χ4n) is 2.77. The third-order valence-electron chi connectivity index (χ3n) is 4.06. The van der Waals surface area contributed by atoms with E-state index in [2.05, 4.69) is 4.98 Å². The standard InChI is InChI=1S/C14H20N2O3S/c1-16(8-11-9-20-10-15-11)12(17)7-14(13(18)19)5-3-2-4-6-14/h9-10H,2-8H2,1H3,(H,18,19). The third kappa shape index (κ3) is 3.36. The summed E-state index contributed by atoms with van der Waals surface area (Å²) in [5, 5.41) is 11.4. The lowest BCUT2D eigenvalue weighted by Gasteiger charge is -2.33. The zero-order valence-electron chi connectivity index (χ0n) is 11.7. The molecule has 0 unspecified atom stereocenters. The Morgan fingerprint density at radius 2 is 2.10 bits per heavy atom. The van der Waals surface area contributed by atoms with Crippen molar-refractivity contribution in [1.82, 2.24) is 9.88 Å². The van der Waals surface area contributed by atoms with E-state index in [1.54, 1.807) is 17.5 Å². The van der Waals surface area contributed by atoms with E-state index >= 15 is 0 Å². The number of aliphatic carboxylic acids is 1. The summed E-state index contributed by atoms with van der Waals surface area (Å²) >= 11 is 1.49. The first kappa shape index (κ1) is 15.0. The lowest BCUT2D eigenvalue weighted by Crippen LogP contribution is -2.39. The van der Waals surface area contributed by atoms with Crippen LogP contribution in [0.4, 0.5) is 0 Å². The first-order valence-corrected chi connectivity index (χ1v) is 7.82. The maximum absolute atomic E-state index is 12.3. The molecule has 1 aromatic heterocycles. The average Bonchev–Trinajstić information content (AvgIpc) is 2.92. The number of hydrogen-bond acceptors (Lipinski definition) is 4. The Bertz CT molecular complexity index is 467. The van der Waals surface area contributed by atoms with Gasteiger partial charge in [-0.3, -0.25) is 9.59 Å². The second kappa shape index (κ2) is 6.35. The molecule has 110 valence electrons. The number of thiazole rings is 1. The maximum Gasteiger partial charge on any atom is 0.310 e. The van der Waals surface area contributed by atoms with Crippen molar-refractivity contribution in [3.8, 4) is 0 Å². The normalized spacial score (nSPS) is 17.6. The van der Waals surface area contributed by atoms with Crippen molar-refractivity contribution < 1.29 is 14.7 Å². The average molecular weight is 296 g/mol. The molecule has 1 N–H and O–H groups in total. The fraction of sp³-hybridized carbons (Fsp3) is 0.643. The summed E-state index contributed by atoms with van der Waals surface area (Å²) in [6.07, 6.45) is 4.18. The minimum Gasteiger partial charge on any atom is -0.481 e. The molecule has 0 radical (unpaired) electrons. The lowest BCUT2D eigenvalue weighted by atomic mass is 9.71. The Balaban J connectivity index is 1.99. The van der Waals surface area contributed by atoms with Gasteiger partial charge in [-0.05, 0) is 12.8 Å². The highest BCUT2D eigenvalue weighted by atomic mass is 32.1. The van der Waals surface area contributed by atoms with Crippen molar-refractivity contribution in [3.05, 3.63) is 16.6 Å². The van der Waals surface area contributed by atoms with E-state index in [0.717, 1.165) is 25.0 Å². The smallest absolute Gasteiger partial charge is 0.310 e. The quantitative estimate of drug-likeness (QED) is 0.906. The summed E-state index contributed by atoms with van der Waals surface area (Å²) in [7, 11) is 1.71. The van der Waals surface area contributed by atoms with Crippen LogP contribution in [-0.2, 0) is 16.1 Å². The number of hydrogen-bond donors (Lipinski definition) is 1. The van der Waals surface area contributed by atoms with Crippen molar-refractivity contribution in [3.63, 3.8) is 0 Å².